The van der Waals surface area contributed by atoms with Gasteiger partial charge in [0.15, 0.2) is 0 Å². The number of aryl methyl sites for hydroxylation is 1. The van der Waals surface area contributed by atoms with Gasteiger partial charge in [0, 0.05) is 6.08 Å². The van der Waals surface area contributed by atoms with E-state index in [1.165, 1.54) is 23.8 Å². The maximum absolute atomic E-state index is 13.1. The lowest BCUT2D eigenvalue weighted by molar-refractivity contribution is -0.275. The highest BCUT2D eigenvalue weighted by Crippen LogP contribution is 2.21. The first-order valence-electron chi connectivity index (χ1n) is 9.09. The van der Waals surface area contributed by atoms with Gasteiger partial charge in [0.2, 0.25) is 0 Å². The van der Waals surface area contributed by atoms with Gasteiger partial charge in [-0.2, -0.15) is 4.89 Å². The summed E-state index contributed by atoms with van der Waals surface area (Å²) in [6.45, 7) is 2.22. The van der Waals surface area contributed by atoms with Crippen molar-refractivity contribution in [1.29, 1.82) is 0 Å². The van der Waals surface area contributed by atoms with Crippen LogP contribution in [0.3, 0.4) is 0 Å². The van der Waals surface area contributed by atoms with Gasteiger partial charge < -0.3 is 0 Å². The van der Waals surface area contributed by atoms with Crippen LogP contribution in [-0.4, -0.2) is 5.97 Å². The third-order valence-corrected chi connectivity index (χ3v) is 4.27. The topological polar surface area (TPSA) is 35.5 Å². The lowest BCUT2D eigenvalue weighted by Gasteiger charge is -2.06. The molecule has 0 radical (unpaired) electrons. The molecule has 0 aliphatic heterocycles. The molecule has 0 saturated carbocycles. The smallest absolute Gasteiger partial charge is 0.293 e. The number of carbonyl (C=O) groups excluding carboxylic acids is 1. The van der Waals surface area contributed by atoms with Crippen molar-refractivity contribution < 1.29 is 19.0 Å². The Bertz CT molecular complexity index is 944. The summed E-state index contributed by atoms with van der Waals surface area (Å²) in [6.07, 6.45) is 3.98. The molecule has 0 heterocycles. The van der Waals surface area contributed by atoms with Crippen molar-refractivity contribution in [3.8, 4) is 11.1 Å². The van der Waals surface area contributed by atoms with Gasteiger partial charge in [0.25, 0.3) is 0 Å². The van der Waals surface area contributed by atoms with Crippen LogP contribution in [0.4, 0.5) is 4.39 Å². The highest BCUT2D eigenvalue weighted by atomic mass is 19.1. The number of halogens is 1. The van der Waals surface area contributed by atoms with Crippen molar-refractivity contribution in [3.05, 3.63) is 101 Å². The van der Waals surface area contributed by atoms with E-state index in [2.05, 4.69) is 6.92 Å². The summed E-state index contributed by atoms with van der Waals surface area (Å²) >= 11 is 0. The highest BCUT2D eigenvalue weighted by molar-refractivity contribution is 5.86. The number of hydrogen-bond acceptors (Lipinski definition) is 3. The minimum Gasteiger partial charge on any atom is -0.293 e. The standard InChI is InChI=1S/C24H21FO3/c1-2-18-6-8-19(9-7-18)10-15-24(26)28-27-17-20-4-3-5-22(16-20)21-11-13-23(25)14-12-21/h3-16H,2,17H2,1H3. The minimum absolute atomic E-state index is 0.125. The molecule has 4 heteroatoms. The largest absolute Gasteiger partial charge is 0.365 e. The van der Waals surface area contributed by atoms with Gasteiger partial charge in [0.05, 0.1) is 0 Å². The van der Waals surface area contributed by atoms with Crippen molar-refractivity contribution >= 4 is 12.0 Å². The Morgan fingerprint density at radius 3 is 2.39 bits per heavy atom. The van der Waals surface area contributed by atoms with E-state index in [1.807, 2.05) is 48.5 Å². The molecule has 0 amide bonds. The van der Waals surface area contributed by atoms with Crippen molar-refractivity contribution in [1.82, 2.24) is 0 Å². The first-order chi connectivity index (χ1) is 13.6. The van der Waals surface area contributed by atoms with E-state index in [9.17, 15) is 9.18 Å². The quantitative estimate of drug-likeness (QED) is 0.299. The third kappa shape index (κ3) is 5.63. The van der Waals surface area contributed by atoms with Gasteiger partial charge in [-0.1, -0.05) is 61.5 Å². The Hall–Kier alpha value is -3.24. The van der Waals surface area contributed by atoms with E-state index >= 15 is 0 Å². The molecule has 3 nitrogen and oxygen atoms in total. The summed E-state index contributed by atoms with van der Waals surface area (Å²) in [6, 6.07) is 21.8. The van der Waals surface area contributed by atoms with Crippen LogP contribution in [0.25, 0.3) is 17.2 Å². The fourth-order valence-corrected chi connectivity index (χ4v) is 2.70. The maximum atomic E-state index is 13.1. The average Bonchev–Trinajstić information content (AvgIpc) is 2.73. The molecule has 0 bridgehead atoms. The van der Waals surface area contributed by atoms with Gasteiger partial charge in [-0.05, 0) is 58.5 Å². The molecule has 3 rings (SSSR count). The summed E-state index contributed by atoms with van der Waals surface area (Å²) < 4.78 is 13.1. The zero-order valence-corrected chi connectivity index (χ0v) is 15.6. The molecule has 142 valence electrons. The van der Waals surface area contributed by atoms with Crippen LogP contribution in [-0.2, 0) is 27.6 Å². The monoisotopic (exact) mass is 376 g/mol. The summed E-state index contributed by atoms with van der Waals surface area (Å²) in [7, 11) is 0. The molecule has 0 aliphatic rings. The molecular formula is C24H21FO3. The van der Waals surface area contributed by atoms with Crippen LogP contribution in [0.2, 0.25) is 0 Å². The van der Waals surface area contributed by atoms with Crippen LogP contribution in [0.1, 0.15) is 23.6 Å². The molecule has 0 aliphatic carbocycles. The molecule has 0 unspecified atom stereocenters. The first-order valence-corrected chi connectivity index (χ1v) is 9.09. The Kier molecular flexibility index (Phi) is 6.71. The van der Waals surface area contributed by atoms with Crippen LogP contribution >= 0.6 is 0 Å². The van der Waals surface area contributed by atoms with E-state index in [4.69, 9.17) is 9.78 Å². The van der Waals surface area contributed by atoms with Crippen molar-refractivity contribution in [3.63, 3.8) is 0 Å². The molecule has 0 fully saturated rings. The summed E-state index contributed by atoms with van der Waals surface area (Å²) in [5.41, 5.74) is 4.83. The van der Waals surface area contributed by atoms with Crippen molar-refractivity contribution in [2.45, 2.75) is 20.0 Å². The summed E-state index contributed by atoms with van der Waals surface area (Å²) in [5, 5.41) is 0. The Labute approximate surface area is 164 Å². The number of rotatable bonds is 7. The molecule has 0 atom stereocenters. The second-order valence-corrected chi connectivity index (χ2v) is 6.30. The molecule has 3 aromatic rings. The normalized spacial score (nSPS) is 10.9. The average molecular weight is 376 g/mol. The second-order valence-electron chi connectivity index (χ2n) is 6.30. The summed E-state index contributed by atoms with van der Waals surface area (Å²) in [5.74, 6) is -0.848. The minimum atomic E-state index is -0.575. The zero-order valence-electron chi connectivity index (χ0n) is 15.6. The molecule has 0 saturated heterocycles. The number of benzene rings is 3. The van der Waals surface area contributed by atoms with Crippen molar-refractivity contribution in [2.24, 2.45) is 0 Å². The van der Waals surface area contributed by atoms with Crippen LogP contribution in [0, 0.1) is 5.82 Å². The van der Waals surface area contributed by atoms with E-state index in [1.54, 1.807) is 18.2 Å². The van der Waals surface area contributed by atoms with Gasteiger partial charge in [0.1, 0.15) is 12.4 Å². The second kappa shape index (κ2) is 9.62. The van der Waals surface area contributed by atoms with E-state index in [0.717, 1.165) is 28.7 Å². The molecule has 0 N–H and O–H groups in total. The summed E-state index contributed by atoms with van der Waals surface area (Å²) in [4.78, 5) is 21.6. The zero-order chi connectivity index (χ0) is 19.8. The van der Waals surface area contributed by atoms with Crippen LogP contribution < -0.4 is 0 Å². The molecule has 0 spiro atoms. The maximum Gasteiger partial charge on any atom is 0.365 e. The fraction of sp³-hybridized carbons (Fsp3) is 0.125. The predicted molar refractivity (Wildman–Crippen MR) is 108 cm³/mol. The van der Waals surface area contributed by atoms with Gasteiger partial charge in [-0.25, -0.2) is 9.18 Å². The molecular weight excluding hydrogens is 355 g/mol. The van der Waals surface area contributed by atoms with Gasteiger partial charge in [-0.3, -0.25) is 4.89 Å². The Balaban J connectivity index is 1.51. The molecule has 3 aromatic carbocycles. The Morgan fingerprint density at radius 2 is 1.68 bits per heavy atom. The van der Waals surface area contributed by atoms with Crippen LogP contribution in [0.5, 0.6) is 0 Å². The lowest BCUT2D eigenvalue weighted by Crippen LogP contribution is -2.02. The lowest BCUT2D eigenvalue weighted by atomic mass is 10.0. The Morgan fingerprint density at radius 1 is 0.929 bits per heavy atom. The van der Waals surface area contributed by atoms with Crippen molar-refractivity contribution in [2.75, 3.05) is 0 Å². The third-order valence-electron chi connectivity index (χ3n) is 4.27. The van der Waals surface area contributed by atoms with Gasteiger partial charge >= 0.3 is 5.97 Å². The molecule has 28 heavy (non-hydrogen) atoms. The van der Waals surface area contributed by atoms with E-state index in [0.29, 0.717) is 0 Å². The molecule has 0 aromatic heterocycles. The highest BCUT2D eigenvalue weighted by Gasteiger charge is 2.03. The first kappa shape index (κ1) is 19.5. The van der Waals surface area contributed by atoms with Crippen LogP contribution in [0.15, 0.2) is 78.9 Å². The number of hydrogen-bond donors (Lipinski definition) is 0. The number of carbonyl (C=O) groups is 1. The predicted octanol–water partition coefficient (Wildman–Crippen LogP) is 5.74. The van der Waals surface area contributed by atoms with E-state index < -0.39 is 5.97 Å². The SMILES string of the molecule is CCc1ccc(C=CC(=O)OOCc2cccc(-c3ccc(F)cc3)c2)cc1. The van der Waals surface area contributed by atoms with Gasteiger partial charge in [-0.15, -0.1) is 0 Å². The fourth-order valence-electron chi connectivity index (χ4n) is 2.70. The van der Waals surface area contributed by atoms with E-state index in [-0.39, 0.29) is 12.4 Å².